The molecule has 0 saturated carbocycles. The van der Waals surface area contributed by atoms with Crippen LogP contribution >= 0.6 is 15.9 Å². The van der Waals surface area contributed by atoms with Gasteiger partial charge in [0.2, 0.25) is 0 Å². The molecular formula is C14H21BrO2. The number of hydrogen-bond donors (Lipinski definition) is 2. The second-order valence-electron chi connectivity index (χ2n) is 4.55. The Morgan fingerprint density at radius 1 is 1.18 bits per heavy atom. The van der Waals surface area contributed by atoms with Crippen molar-refractivity contribution in [3.63, 3.8) is 0 Å². The molecule has 1 rings (SSSR count). The molecule has 2 nitrogen and oxygen atoms in total. The van der Waals surface area contributed by atoms with Crippen molar-refractivity contribution in [3.05, 3.63) is 22.2 Å². The van der Waals surface area contributed by atoms with Gasteiger partial charge in [-0.05, 0) is 39.9 Å². The average Bonchev–Trinajstić information content (AvgIpc) is 2.30. The average molecular weight is 301 g/mol. The Hall–Kier alpha value is -0.700. The summed E-state index contributed by atoms with van der Waals surface area (Å²) in [5, 5.41) is 19.3. The van der Waals surface area contributed by atoms with Crippen molar-refractivity contribution in [1.82, 2.24) is 0 Å². The predicted octanol–water partition coefficient (Wildman–Crippen LogP) is 4.62. The maximum absolute atomic E-state index is 9.80. The van der Waals surface area contributed by atoms with Gasteiger partial charge in [-0.3, -0.25) is 0 Å². The van der Waals surface area contributed by atoms with E-state index in [-0.39, 0.29) is 11.5 Å². The molecule has 1 atom stereocenters. The van der Waals surface area contributed by atoms with Gasteiger partial charge in [0.05, 0.1) is 4.47 Å². The number of hydrogen-bond acceptors (Lipinski definition) is 2. The van der Waals surface area contributed by atoms with Crippen LogP contribution in [0.5, 0.6) is 11.5 Å². The van der Waals surface area contributed by atoms with Gasteiger partial charge in [-0.1, -0.05) is 39.5 Å². The maximum Gasteiger partial charge on any atom is 0.133 e. The molecule has 0 fully saturated rings. The highest BCUT2D eigenvalue weighted by atomic mass is 79.9. The quantitative estimate of drug-likeness (QED) is 0.805. The van der Waals surface area contributed by atoms with Crippen LogP contribution in [-0.2, 0) is 6.42 Å². The predicted molar refractivity (Wildman–Crippen MR) is 74.5 cm³/mol. The van der Waals surface area contributed by atoms with Crippen LogP contribution in [0.3, 0.4) is 0 Å². The fourth-order valence-electron chi connectivity index (χ4n) is 2.01. The molecule has 0 amide bonds. The zero-order valence-electron chi connectivity index (χ0n) is 10.5. The van der Waals surface area contributed by atoms with Gasteiger partial charge in [0.25, 0.3) is 0 Å². The van der Waals surface area contributed by atoms with Crippen molar-refractivity contribution in [3.8, 4) is 11.5 Å². The molecule has 2 N–H and O–H groups in total. The smallest absolute Gasteiger partial charge is 0.133 e. The molecule has 3 heteroatoms. The molecule has 0 saturated heterocycles. The standard InChI is InChI=1S/C14H21BrO2/c1-3-5-6-10(4-2)7-11-8-12(15)14(17)9-13(11)16/h8-10,16-17H,3-7H2,1-2H3. The molecule has 0 aliphatic carbocycles. The van der Waals surface area contributed by atoms with Gasteiger partial charge in [0.1, 0.15) is 11.5 Å². The number of unbranched alkanes of at least 4 members (excludes halogenated alkanes) is 1. The summed E-state index contributed by atoms with van der Waals surface area (Å²) in [4.78, 5) is 0. The number of halogens is 1. The molecule has 0 aromatic heterocycles. The fraction of sp³-hybridized carbons (Fsp3) is 0.571. The molecule has 0 radical (unpaired) electrons. The first kappa shape index (κ1) is 14.4. The highest BCUT2D eigenvalue weighted by molar-refractivity contribution is 9.10. The van der Waals surface area contributed by atoms with Crippen LogP contribution in [0.25, 0.3) is 0 Å². The highest BCUT2D eigenvalue weighted by Crippen LogP contribution is 2.33. The molecule has 17 heavy (non-hydrogen) atoms. The lowest BCUT2D eigenvalue weighted by Crippen LogP contribution is -2.03. The van der Waals surface area contributed by atoms with E-state index in [0.29, 0.717) is 10.4 Å². The molecule has 1 aromatic rings. The van der Waals surface area contributed by atoms with Crippen molar-refractivity contribution in [2.24, 2.45) is 5.92 Å². The zero-order chi connectivity index (χ0) is 12.8. The van der Waals surface area contributed by atoms with Crippen LogP contribution in [0.1, 0.15) is 45.1 Å². The van der Waals surface area contributed by atoms with Gasteiger partial charge in [0, 0.05) is 6.07 Å². The molecule has 0 heterocycles. The van der Waals surface area contributed by atoms with Crippen molar-refractivity contribution in [1.29, 1.82) is 0 Å². The van der Waals surface area contributed by atoms with Gasteiger partial charge >= 0.3 is 0 Å². The summed E-state index contributed by atoms with van der Waals surface area (Å²) in [6, 6.07) is 3.23. The number of phenolic OH excluding ortho intramolecular Hbond substituents is 2. The van der Waals surface area contributed by atoms with E-state index in [9.17, 15) is 10.2 Å². The molecule has 0 spiro atoms. The minimum absolute atomic E-state index is 0.0906. The van der Waals surface area contributed by atoms with E-state index in [1.165, 1.54) is 25.3 Å². The maximum atomic E-state index is 9.80. The number of phenols is 2. The van der Waals surface area contributed by atoms with Crippen LogP contribution < -0.4 is 0 Å². The van der Waals surface area contributed by atoms with E-state index in [4.69, 9.17) is 0 Å². The Morgan fingerprint density at radius 2 is 1.88 bits per heavy atom. The summed E-state index contributed by atoms with van der Waals surface area (Å²) < 4.78 is 0.649. The lowest BCUT2D eigenvalue weighted by atomic mass is 9.91. The van der Waals surface area contributed by atoms with Crippen LogP contribution in [-0.4, -0.2) is 10.2 Å². The van der Waals surface area contributed by atoms with E-state index in [0.717, 1.165) is 18.4 Å². The minimum Gasteiger partial charge on any atom is -0.508 e. The topological polar surface area (TPSA) is 40.5 Å². The number of rotatable bonds is 6. The lowest BCUT2D eigenvalue weighted by molar-refractivity contribution is 0.419. The zero-order valence-corrected chi connectivity index (χ0v) is 12.1. The Labute approximate surface area is 112 Å². The summed E-state index contributed by atoms with van der Waals surface area (Å²) in [5.74, 6) is 0.894. The largest absolute Gasteiger partial charge is 0.508 e. The first-order valence-electron chi connectivity index (χ1n) is 6.28. The summed E-state index contributed by atoms with van der Waals surface area (Å²) in [7, 11) is 0. The molecular weight excluding hydrogens is 280 g/mol. The molecule has 1 aromatic carbocycles. The van der Waals surface area contributed by atoms with Gasteiger partial charge in [-0.2, -0.15) is 0 Å². The van der Waals surface area contributed by atoms with Gasteiger partial charge < -0.3 is 10.2 Å². The molecule has 96 valence electrons. The second kappa shape index (κ2) is 6.90. The van der Waals surface area contributed by atoms with E-state index in [1.807, 2.05) is 6.07 Å². The van der Waals surface area contributed by atoms with E-state index < -0.39 is 0 Å². The molecule has 0 aliphatic rings. The first-order chi connectivity index (χ1) is 8.08. The third kappa shape index (κ3) is 4.23. The SMILES string of the molecule is CCCCC(CC)Cc1cc(Br)c(O)cc1O. The number of benzene rings is 1. The van der Waals surface area contributed by atoms with Crippen molar-refractivity contribution in [2.45, 2.75) is 46.0 Å². The fourth-order valence-corrected chi connectivity index (χ4v) is 2.40. The molecule has 0 bridgehead atoms. The van der Waals surface area contributed by atoms with E-state index >= 15 is 0 Å². The van der Waals surface area contributed by atoms with E-state index in [2.05, 4.69) is 29.8 Å². The van der Waals surface area contributed by atoms with Gasteiger partial charge in [-0.25, -0.2) is 0 Å². The van der Waals surface area contributed by atoms with Crippen molar-refractivity contribution >= 4 is 15.9 Å². The van der Waals surface area contributed by atoms with Crippen LogP contribution in [0.2, 0.25) is 0 Å². The third-order valence-electron chi connectivity index (χ3n) is 3.20. The van der Waals surface area contributed by atoms with Crippen LogP contribution in [0.4, 0.5) is 0 Å². The Balaban J connectivity index is 2.75. The van der Waals surface area contributed by atoms with Crippen LogP contribution in [0.15, 0.2) is 16.6 Å². The van der Waals surface area contributed by atoms with Gasteiger partial charge in [0.15, 0.2) is 0 Å². The van der Waals surface area contributed by atoms with E-state index in [1.54, 1.807) is 0 Å². The normalized spacial score (nSPS) is 12.6. The van der Waals surface area contributed by atoms with Gasteiger partial charge in [-0.15, -0.1) is 0 Å². The molecule has 0 aliphatic heterocycles. The first-order valence-corrected chi connectivity index (χ1v) is 7.08. The summed E-state index contributed by atoms with van der Waals surface area (Å²) >= 11 is 3.28. The molecule has 1 unspecified atom stereocenters. The Bertz CT molecular complexity index is 363. The van der Waals surface area contributed by atoms with Crippen LogP contribution in [0, 0.1) is 5.92 Å². The van der Waals surface area contributed by atoms with Crippen molar-refractivity contribution in [2.75, 3.05) is 0 Å². The Morgan fingerprint density at radius 3 is 2.47 bits per heavy atom. The third-order valence-corrected chi connectivity index (χ3v) is 3.84. The monoisotopic (exact) mass is 300 g/mol. The highest BCUT2D eigenvalue weighted by Gasteiger charge is 2.12. The van der Waals surface area contributed by atoms with Crippen molar-refractivity contribution < 1.29 is 10.2 Å². The number of aromatic hydroxyl groups is 2. The summed E-state index contributed by atoms with van der Waals surface area (Å²) in [6.07, 6.45) is 5.64. The summed E-state index contributed by atoms with van der Waals surface area (Å²) in [5.41, 5.74) is 0.914. The second-order valence-corrected chi connectivity index (χ2v) is 5.41. The minimum atomic E-state index is 0.0906. The lowest BCUT2D eigenvalue weighted by Gasteiger charge is -2.15. The summed E-state index contributed by atoms with van der Waals surface area (Å²) in [6.45, 7) is 4.38. The Kier molecular flexibility index (Phi) is 5.83.